The van der Waals surface area contributed by atoms with E-state index in [1.807, 2.05) is 0 Å². The van der Waals surface area contributed by atoms with Gasteiger partial charge in [-0.05, 0) is 13.0 Å². The second-order valence-electron chi connectivity index (χ2n) is 10.5. The Morgan fingerprint density at radius 1 is 0.614 bits per heavy atom. The van der Waals surface area contributed by atoms with Crippen molar-refractivity contribution < 1.29 is 84.3 Å². The Balaban J connectivity index is 1.77. The second kappa shape index (κ2) is 17.5. The highest BCUT2D eigenvalue weighted by molar-refractivity contribution is 5.73. The van der Waals surface area contributed by atoms with Crippen LogP contribution in [-0.2, 0) is 28.4 Å². The second-order valence-corrected chi connectivity index (χ2v) is 10.5. The number of nitrogens with one attached hydrogen (secondary N) is 2. The van der Waals surface area contributed by atoms with Crippen LogP contribution in [0.25, 0.3) is 0 Å². The van der Waals surface area contributed by atoms with E-state index in [9.17, 15) is 55.9 Å². The van der Waals surface area contributed by atoms with Crippen LogP contribution in [0.3, 0.4) is 0 Å². The molecule has 0 spiro atoms. The lowest BCUT2D eigenvalue weighted by Gasteiger charge is -2.48. The summed E-state index contributed by atoms with van der Waals surface area (Å²) in [6, 6.07) is -0.505. The van der Waals surface area contributed by atoms with Gasteiger partial charge in [0.15, 0.2) is 18.9 Å². The highest BCUT2D eigenvalue weighted by atomic mass is 16.8. The van der Waals surface area contributed by atoms with Crippen molar-refractivity contribution in [3.63, 3.8) is 0 Å². The Labute approximate surface area is 251 Å². The molecule has 0 radical (unpaired) electrons. The maximum absolute atomic E-state index is 11.9. The van der Waals surface area contributed by atoms with E-state index in [-0.39, 0.29) is 13.2 Å². The molecule has 44 heavy (non-hydrogen) atoms. The Kier molecular flexibility index (Phi) is 14.7. The average Bonchev–Trinajstić information content (AvgIpc) is 3.01. The molecule has 14 N–H and O–H groups in total. The molecule has 0 aromatic heterocycles. The minimum absolute atomic E-state index is 0.0518. The quantitative estimate of drug-likeness (QED) is 0.0778. The number of carbonyl (C=O) groups is 1. The van der Waals surface area contributed by atoms with Gasteiger partial charge in [-0.25, -0.2) is 4.79 Å². The molecule has 2 amide bonds. The molecule has 0 bridgehead atoms. The third-order valence-corrected chi connectivity index (χ3v) is 7.42. The molecule has 3 aliphatic heterocycles. The molecule has 3 aliphatic rings. The predicted octanol–water partition coefficient (Wildman–Crippen LogP) is -7.90. The standard InChI is InChI=1S/C24H45N3O17/c25-2-1-3-26-24(38)27-4-5-39-22-19(16(35)13(32)10(7-29)41-22)44-23-20(17(36)14(33)11(8-30)42-23)43-21-18(37)15(34)12(31)9(6-28)40-21/h9-23,28-37H,1-8,25H2,(H2,26,27,38)/t9?,10?,11?,12-,13-,14-,15?,16?,17?,18?,19?,20?,21+,22+,23-/m1/s1. The molecule has 0 aromatic rings. The normalized spacial score (nSPS) is 43.0. The zero-order chi connectivity index (χ0) is 32.6. The van der Waals surface area contributed by atoms with Gasteiger partial charge in [-0.3, -0.25) is 0 Å². The third-order valence-electron chi connectivity index (χ3n) is 7.42. The Morgan fingerprint density at radius 2 is 1.07 bits per heavy atom. The molecule has 15 atom stereocenters. The number of hydrogen-bond donors (Lipinski definition) is 13. The Bertz CT molecular complexity index is 863. The van der Waals surface area contributed by atoms with Crippen LogP contribution in [0.1, 0.15) is 6.42 Å². The summed E-state index contributed by atoms with van der Waals surface area (Å²) in [5.41, 5.74) is 5.38. The fourth-order valence-corrected chi connectivity index (χ4v) is 4.84. The molecule has 9 unspecified atom stereocenters. The number of aliphatic hydroxyl groups excluding tert-OH is 10. The number of amides is 2. The Hall–Kier alpha value is -1.41. The highest BCUT2D eigenvalue weighted by Gasteiger charge is 2.54. The van der Waals surface area contributed by atoms with Gasteiger partial charge in [0.25, 0.3) is 0 Å². The fraction of sp³-hybridized carbons (Fsp3) is 0.958. The van der Waals surface area contributed by atoms with Gasteiger partial charge in [-0.2, -0.15) is 0 Å². The van der Waals surface area contributed by atoms with Crippen molar-refractivity contribution >= 4 is 6.03 Å². The summed E-state index contributed by atoms with van der Waals surface area (Å²) >= 11 is 0. The van der Waals surface area contributed by atoms with E-state index in [1.165, 1.54) is 0 Å². The van der Waals surface area contributed by atoms with Gasteiger partial charge in [0, 0.05) is 13.1 Å². The van der Waals surface area contributed by atoms with Crippen LogP contribution in [0.4, 0.5) is 4.79 Å². The van der Waals surface area contributed by atoms with Crippen molar-refractivity contribution in [2.24, 2.45) is 5.73 Å². The van der Waals surface area contributed by atoms with Crippen molar-refractivity contribution in [3.05, 3.63) is 0 Å². The predicted molar refractivity (Wildman–Crippen MR) is 140 cm³/mol. The summed E-state index contributed by atoms with van der Waals surface area (Å²) in [7, 11) is 0. The molecule has 20 heteroatoms. The highest BCUT2D eigenvalue weighted by Crippen LogP contribution is 2.33. The first-order valence-corrected chi connectivity index (χ1v) is 14.2. The van der Waals surface area contributed by atoms with E-state index in [2.05, 4.69) is 10.6 Å². The van der Waals surface area contributed by atoms with E-state index in [4.69, 9.17) is 34.2 Å². The van der Waals surface area contributed by atoms with Gasteiger partial charge in [-0.15, -0.1) is 0 Å². The number of carbonyl (C=O) groups excluding carboxylic acids is 1. The first-order chi connectivity index (χ1) is 21.0. The largest absolute Gasteiger partial charge is 0.394 e. The van der Waals surface area contributed by atoms with Crippen LogP contribution in [0.15, 0.2) is 0 Å². The van der Waals surface area contributed by atoms with E-state index in [0.717, 1.165) is 0 Å². The summed E-state index contributed by atoms with van der Waals surface area (Å²) in [6.45, 7) is -1.87. The smallest absolute Gasteiger partial charge is 0.314 e. The van der Waals surface area contributed by atoms with Gasteiger partial charge in [-0.1, -0.05) is 0 Å². The SMILES string of the molecule is NCCCNC(=O)NCCO[C@H]1OC(CO)[C@@H](O)C(O)C1O[C@H]1OC(CO)[C@@H](O)C(O)C1O[C@@H]1OC(CO)[C@@H](O)C(O)C1O. The molecule has 3 heterocycles. The zero-order valence-electron chi connectivity index (χ0n) is 23.7. The summed E-state index contributed by atoms with van der Waals surface area (Å²) in [6.07, 6.45) is -24.9. The van der Waals surface area contributed by atoms with Gasteiger partial charge in [0.05, 0.1) is 26.4 Å². The molecule has 20 nitrogen and oxygen atoms in total. The molecular formula is C24H45N3O17. The monoisotopic (exact) mass is 647 g/mol. The van der Waals surface area contributed by atoms with Gasteiger partial charge >= 0.3 is 6.03 Å². The lowest BCUT2D eigenvalue weighted by atomic mass is 9.96. The van der Waals surface area contributed by atoms with Crippen molar-refractivity contribution in [3.8, 4) is 0 Å². The zero-order valence-corrected chi connectivity index (χ0v) is 23.7. The molecule has 3 saturated heterocycles. The number of ether oxygens (including phenoxy) is 6. The van der Waals surface area contributed by atoms with Gasteiger partial charge in [0.2, 0.25) is 0 Å². The van der Waals surface area contributed by atoms with Crippen LogP contribution >= 0.6 is 0 Å². The molecular weight excluding hydrogens is 602 g/mol. The molecule has 0 aliphatic carbocycles. The molecule has 3 rings (SSSR count). The van der Waals surface area contributed by atoms with E-state index in [0.29, 0.717) is 19.5 Å². The van der Waals surface area contributed by atoms with Crippen LogP contribution in [0.2, 0.25) is 0 Å². The number of urea groups is 1. The number of nitrogens with two attached hydrogens (primary N) is 1. The van der Waals surface area contributed by atoms with Crippen molar-refractivity contribution in [2.45, 2.75) is 98.5 Å². The minimum Gasteiger partial charge on any atom is -0.394 e. The number of rotatable bonds is 14. The summed E-state index contributed by atoms with van der Waals surface area (Å²) in [5, 5.41) is 107. The minimum atomic E-state index is -1.92. The maximum atomic E-state index is 11.9. The number of aliphatic hydroxyl groups is 10. The van der Waals surface area contributed by atoms with E-state index in [1.54, 1.807) is 0 Å². The topological polar surface area (TPSA) is 325 Å². The molecule has 3 fully saturated rings. The fourth-order valence-electron chi connectivity index (χ4n) is 4.84. The van der Waals surface area contributed by atoms with Crippen molar-refractivity contribution in [1.82, 2.24) is 10.6 Å². The summed E-state index contributed by atoms with van der Waals surface area (Å²) in [5.74, 6) is 0. The summed E-state index contributed by atoms with van der Waals surface area (Å²) < 4.78 is 33.5. The van der Waals surface area contributed by atoms with Crippen molar-refractivity contribution in [1.29, 1.82) is 0 Å². The maximum Gasteiger partial charge on any atom is 0.314 e. The van der Waals surface area contributed by atoms with E-state index < -0.39 is 118 Å². The third kappa shape index (κ3) is 8.89. The lowest BCUT2D eigenvalue weighted by Crippen LogP contribution is -2.67. The van der Waals surface area contributed by atoms with Crippen LogP contribution < -0.4 is 16.4 Å². The molecule has 0 aromatic carbocycles. The summed E-state index contributed by atoms with van der Waals surface area (Å²) in [4.78, 5) is 11.9. The van der Waals surface area contributed by atoms with Crippen LogP contribution in [0.5, 0.6) is 0 Å². The lowest BCUT2D eigenvalue weighted by molar-refractivity contribution is -0.393. The molecule has 258 valence electrons. The molecule has 0 saturated carbocycles. The number of hydrogen-bond acceptors (Lipinski definition) is 18. The van der Waals surface area contributed by atoms with Crippen LogP contribution in [-0.4, -0.2) is 195 Å². The van der Waals surface area contributed by atoms with Crippen molar-refractivity contribution in [2.75, 3.05) is 46.1 Å². The van der Waals surface area contributed by atoms with Gasteiger partial charge < -0.3 is 95.9 Å². The first-order valence-electron chi connectivity index (χ1n) is 14.2. The van der Waals surface area contributed by atoms with Gasteiger partial charge in [0.1, 0.15) is 73.2 Å². The van der Waals surface area contributed by atoms with E-state index >= 15 is 0 Å². The first kappa shape index (κ1) is 37.1. The Morgan fingerprint density at radius 3 is 1.61 bits per heavy atom. The average molecular weight is 648 g/mol. The van der Waals surface area contributed by atoms with Crippen LogP contribution in [0, 0.1) is 0 Å².